The van der Waals surface area contributed by atoms with Gasteiger partial charge in [-0.3, -0.25) is 0 Å². The first-order chi connectivity index (χ1) is 22.2. The number of halogens is 4. The molecule has 0 spiro atoms. The molecule has 0 atom stereocenters. The number of nitrogens with zero attached hydrogens (tertiary/aromatic N) is 4. The van der Waals surface area contributed by atoms with Gasteiger partial charge in [0.25, 0.3) is 0 Å². The van der Waals surface area contributed by atoms with Gasteiger partial charge >= 0.3 is 12.2 Å². The maximum absolute atomic E-state index is 13.2. The molecule has 1 aliphatic heterocycles. The summed E-state index contributed by atoms with van der Waals surface area (Å²) >= 11 is 7.00. The largest absolute Gasteiger partial charge is 0.493 e. The van der Waals surface area contributed by atoms with E-state index in [1.807, 2.05) is 12.1 Å². The minimum atomic E-state index is -4.65. The Hall–Kier alpha value is -4.40. The van der Waals surface area contributed by atoms with Gasteiger partial charge in [-0.05, 0) is 74.8 Å². The first-order valence-electron chi connectivity index (χ1n) is 14.5. The van der Waals surface area contributed by atoms with Gasteiger partial charge in [0.1, 0.15) is 12.1 Å². The van der Waals surface area contributed by atoms with Crippen molar-refractivity contribution in [1.29, 1.82) is 0 Å². The van der Waals surface area contributed by atoms with E-state index >= 15 is 0 Å². The first-order valence-corrected chi connectivity index (χ1v) is 15.7. The Morgan fingerprint density at radius 2 is 1.76 bits per heavy atom. The van der Waals surface area contributed by atoms with E-state index < -0.39 is 22.8 Å². The van der Waals surface area contributed by atoms with E-state index in [-0.39, 0.29) is 5.69 Å². The monoisotopic (exact) mass is 671 g/mol. The molecule has 10 nitrogen and oxygen atoms in total. The molecule has 15 heteroatoms. The van der Waals surface area contributed by atoms with Crippen LogP contribution in [0.4, 0.5) is 40.3 Å². The number of urea groups is 1. The number of ether oxygens (including phenoxy) is 2. The number of carbonyl (C=O) groups excluding carboxylic acids is 1. The van der Waals surface area contributed by atoms with E-state index in [1.54, 1.807) is 25.3 Å². The molecule has 3 heterocycles. The second-order valence-corrected chi connectivity index (χ2v) is 12.0. The van der Waals surface area contributed by atoms with Gasteiger partial charge in [-0.15, -0.1) is 0 Å². The fraction of sp³-hybridized carbons (Fsp3) is 0.290. The SMILES string of the molecule is COc1cc2c(Nc3nc4ccc(NC(=O)Nc5ccc(Cl)c(C(F)(F)F)c5)cc4s3)ncnc2cc1OCCCN1CCCC1. The highest BCUT2D eigenvalue weighted by atomic mass is 35.5. The molecule has 2 amide bonds. The normalized spacial score (nSPS) is 13.7. The molecule has 6 rings (SSSR count). The van der Waals surface area contributed by atoms with Crippen molar-refractivity contribution in [2.45, 2.75) is 25.4 Å². The van der Waals surface area contributed by atoms with Crippen molar-refractivity contribution in [3.8, 4) is 11.5 Å². The lowest BCUT2D eigenvalue weighted by Crippen LogP contribution is -2.21. The molecule has 5 aromatic rings. The molecule has 46 heavy (non-hydrogen) atoms. The Balaban J connectivity index is 1.13. The number of alkyl halides is 3. The molecule has 3 aromatic carbocycles. The standard InChI is InChI=1S/C31H29ClF3N7O3S/c1-44-25-15-20-24(16-26(25)45-12-4-11-42-9-2-3-10-42)36-17-37-28(20)41-30-40-23-8-6-19(14-27(23)46-30)39-29(43)38-18-5-7-22(32)21(13-18)31(33,34)35/h5-8,13-17H,2-4,9-12H2,1H3,(H2,38,39,43)(H,36,37,40,41). The van der Waals surface area contributed by atoms with E-state index in [2.05, 4.69) is 35.8 Å². The summed E-state index contributed by atoms with van der Waals surface area (Å²) in [7, 11) is 1.59. The predicted molar refractivity (Wildman–Crippen MR) is 174 cm³/mol. The summed E-state index contributed by atoms with van der Waals surface area (Å²) in [5, 5.41) is 9.12. The molecule has 1 aliphatic rings. The molecule has 0 aliphatic carbocycles. The van der Waals surface area contributed by atoms with Crippen LogP contribution in [0.1, 0.15) is 24.8 Å². The lowest BCUT2D eigenvalue weighted by molar-refractivity contribution is -0.137. The highest BCUT2D eigenvalue weighted by molar-refractivity contribution is 7.22. The number of hydrogen-bond donors (Lipinski definition) is 3. The van der Waals surface area contributed by atoms with Crippen molar-refractivity contribution < 1.29 is 27.4 Å². The molecule has 1 fully saturated rings. The Kier molecular flexibility index (Phi) is 9.29. The van der Waals surface area contributed by atoms with Crippen LogP contribution < -0.4 is 25.4 Å². The van der Waals surface area contributed by atoms with Gasteiger partial charge < -0.3 is 30.3 Å². The van der Waals surface area contributed by atoms with Crippen molar-refractivity contribution in [3.05, 3.63) is 65.4 Å². The van der Waals surface area contributed by atoms with E-state index in [0.29, 0.717) is 45.8 Å². The minimum Gasteiger partial charge on any atom is -0.493 e. The summed E-state index contributed by atoms with van der Waals surface area (Å²) in [6.45, 7) is 3.88. The van der Waals surface area contributed by atoms with Crippen LogP contribution >= 0.6 is 22.9 Å². The Bertz CT molecular complexity index is 1880. The fourth-order valence-electron chi connectivity index (χ4n) is 5.18. The summed E-state index contributed by atoms with van der Waals surface area (Å²) in [6.07, 6.45) is 0.246. The highest BCUT2D eigenvalue weighted by Crippen LogP contribution is 2.38. The molecular formula is C31H29ClF3N7O3S. The molecule has 0 saturated carbocycles. The first kappa shape index (κ1) is 31.6. The zero-order valence-electron chi connectivity index (χ0n) is 24.6. The van der Waals surface area contributed by atoms with Crippen LogP contribution in [0.5, 0.6) is 11.5 Å². The van der Waals surface area contributed by atoms with Crippen LogP contribution in [-0.2, 0) is 6.18 Å². The zero-order chi connectivity index (χ0) is 32.3. The summed E-state index contributed by atoms with van der Waals surface area (Å²) in [5.74, 6) is 1.71. The summed E-state index contributed by atoms with van der Waals surface area (Å²) in [4.78, 5) is 28.5. The number of likely N-dealkylation sites (tertiary alicyclic amines) is 1. The molecule has 2 aromatic heterocycles. The van der Waals surface area contributed by atoms with Gasteiger partial charge in [0.15, 0.2) is 16.6 Å². The zero-order valence-corrected chi connectivity index (χ0v) is 26.2. The van der Waals surface area contributed by atoms with Crippen molar-refractivity contribution in [2.75, 3.05) is 49.3 Å². The van der Waals surface area contributed by atoms with Crippen LogP contribution in [0.2, 0.25) is 5.02 Å². The van der Waals surface area contributed by atoms with Gasteiger partial charge in [-0.25, -0.2) is 19.7 Å². The number of thiazole rings is 1. The number of fused-ring (bicyclic) bond motifs is 2. The molecule has 3 N–H and O–H groups in total. The number of anilines is 4. The van der Waals surface area contributed by atoms with Crippen LogP contribution in [-0.4, -0.2) is 59.2 Å². The maximum Gasteiger partial charge on any atom is 0.417 e. The van der Waals surface area contributed by atoms with Crippen molar-refractivity contribution >= 4 is 72.4 Å². The third-order valence-corrected chi connectivity index (χ3v) is 8.66. The molecule has 0 unspecified atom stereocenters. The van der Waals surface area contributed by atoms with Gasteiger partial charge in [-0.2, -0.15) is 13.2 Å². The van der Waals surface area contributed by atoms with Crippen molar-refractivity contribution in [3.63, 3.8) is 0 Å². The lowest BCUT2D eigenvalue weighted by Gasteiger charge is -2.16. The number of carbonyl (C=O) groups is 1. The smallest absolute Gasteiger partial charge is 0.417 e. The van der Waals surface area contributed by atoms with E-state index in [9.17, 15) is 18.0 Å². The van der Waals surface area contributed by atoms with Crippen LogP contribution in [0, 0.1) is 0 Å². The quantitative estimate of drug-likeness (QED) is 0.127. The molecular weight excluding hydrogens is 643 g/mol. The minimum absolute atomic E-state index is 0.0514. The average Bonchev–Trinajstić information content (AvgIpc) is 3.69. The van der Waals surface area contributed by atoms with Crippen LogP contribution in [0.15, 0.2) is 54.9 Å². The summed E-state index contributed by atoms with van der Waals surface area (Å²) in [6, 6.07) is 11.2. The van der Waals surface area contributed by atoms with Gasteiger partial charge in [-0.1, -0.05) is 22.9 Å². The van der Waals surface area contributed by atoms with Crippen molar-refractivity contribution in [2.24, 2.45) is 0 Å². The van der Waals surface area contributed by atoms with Gasteiger partial charge in [0.2, 0.25) is 0 Å². The van der Waals surface area contributed by atoms with Crippen LogP contribution in [0.25, 0.3) is 21.1 Å². The number of amides is 2. The molecule has 240 valence electrons. The third kappa shape index (κ3) is 7.35. The van der Waals surface area contributed by atoms with Gasteiger partial charge in [0, 0.05) is 29.4 Å². The third-order valence-electron chi connectivity index (χ3n) is 7.40. The Morgan fingerprint density at radius 3 is 2.52 bits per heavy atom. The second-order valence-electron chi connectivity index (χ2n) is 10.6. The Morgan fingerprint density at radius 1 is 1.00 bits per heavy atom. The summed E-state index contributed by atoms with van der Waals surface area (Å²) in [5.41, 5.74) is 0.686. The molecule has 1 saturated heterocycles. The number of benzene rings is 3. The summed E-state index contributed by atoms with van der Waals surface area (Å²) < 4.78 is 52.0. The molecule has 0 bridgehead atoms. The topological polar surface area (TPSA) is 114 Å². The number of hydrogen-bond acceptors (Lipinski definition) is 9. The lowest BCUT2D eigenvalue weighted by atomic mass is 10.2. The number of methoxy groups -OCH3 is 1. The Labute approximate surface area is 270 Å². The predicted octanol–water partition coefficient (Wildman–Crippen LogP) is 8.17. The number of nitrogens with one attached hydrogen (secondary N) is 3. The molecule has 0 radical (unpaired) electrons. The fourth-order valence-corrected chi connectivity index (χ4v) is 6.31. The van der Waals surface area contributed by atoms with Gasteiger partial charge in [0.05, 0.1) is 40.0 Å². The average molecular weight is 672 g/mol. The number of aromatic nitrogens is 3. The van der Waals surface area contributed by atoms with E-state index in [1.165, 1.54) is 36.6 Å². The van der Waals surface area contributed by atoms with Crippen LogP contribution in [0.3, 0.4) is 0 Å². The highest BCUT2D eigenvalue weighted by Gasteiger charge is 2.33. The van der Waals surface area contributed by atoms with E-state index in [0.717, 1.165) is 48.3 Å². The number of rotatable bonds is 10. The maximum atomic E-state index is 13.2. The van der Waals surface area contributed by atoms with E-state index in [4.69, 9.17) is 21.1 Å². The second kappa shape index (κ2) is 13.5. The van der Waals surface area contributed by atoms with Crippen molar-refractivity contribution in [1.82, 2.24) is 19.9 Å².